The summed E-state index contributed by atoms with van der Waals surface area (Å²) in [4.78, 5) is 26.3. The maximum atomic E-state index is 12.3. The van der Waals surface area contributed by atoms with Crippen molar-refractivity contribution in [2.45, 2.75) is 25.8 Å². The Hall–Kier alpha value is -3.02. The van der Waals surface area contributed by atoms with E-state index in [1.807, 2.05) is 31.2 Å². The second-order valence-electron chi connectivity index (χ2n) is 6.78. The molecule has 142 valence electrons. The monoisotopic (exact) mass is 368 g/mol. The SMILES string of the molecule is Cc1ccc(OCC(=O)N2CCC(NC(=O)c3cccc(O)c3)CC2)cc1. The summed E-state index contributed by atoms with van der Waals surface area (Å²) in [5.74, 6) is 0.491. The number of phenols is 1. The van der Waals surface area contributed by atoms with E-state index in [1.165, 1.54) is 12.1 Å². The standard InChI is InChI=1S/C21H24N2O4/c1-15-5-7-19(8-6-15)27-14-20(25)23-11-9-17(10-12-23)22-21(26)16-3-2-4-18(24)13-16/h2-8,13,17,24H,9-12,14H2,1H3,(H,22,26). The molecule has 1 aliphatic heterocycles. The molecule has 0 unspecified atom stereocenters. The summed E-state index contributed by atoms with van der Waals surface area (Å²) >= 11 is 0. The highest BCUT2D eigenvalue weighted by Crippen LogP contribution is 2.15. The van der Waals surface area contributed by atoms with E-state index < -0.39 is 0 Å². The van der Waals surface area contributed by atoms with Crippen molar-refractivity contribution in [1.82, 2.24) is 10.2 Å². The first kappa shape index (κ1) is 18.8. The van der Waals surface area contributed by atoms with Gasteiger partial charge >= 0.3 is 0 Å². The molecule has 1 saturated heterocycles. The van der Waals surface area contributed by atoms with Crippen molar-refractivity contribution < 1.29 is 19.4 Å². The topological polar surface area (TPSA) is 78.9 Å². The van der Waals surface area contributed by atoms with E-state index in [0.717, 1.165) is 5.56 Å². The summed E-state index contributed by atoms with van der Waals surface area (Å²) in [6, 6.07) is 13.9. The van der Waals surface area contributed by atoms with Crippen LogP contribution in [0.3, 0.4) is 0 Å². The lowest BCUT2D eigenvalue weighted by Crippen LogP contribution is -2.47. The fourth-order valence-electron chi connectivity index (χ4n) is 3.06. The number of hydrogen-bond acceptors (Lipinski definition) is 4. The number of piperidine rings is 1. The maximum Gasteiger partial charge on any atom is 0.260 e. The molecule has 27 heavy (non-hydrogen) atoms. The summed E-state index contributed by atoms with van der Waals surface area (Å²) in [6.45, 7) is 3.18. The molecule has 1 heterocycles. The van der Waals surface area contributed by atoms with Crippen molar-refractivity contribution in [3.8, 4) is 11.5 Å². The number of amides is 2. The molecule has 0 atom stereocenters. The van der Waals surface area contributed by atoms with E-state index >= 15 is 0 Å². The van der Waals surface area contributed by atoms with E-state index in [-0.39, 0.29) is 30.2 Å². The second kappa shape index (κ2) is 8.58. The largest absolute Gasteiger partial charge is 0.508 e. The van der Waals surface area contributed by atoms with E-state index in [9.17, 15) is 14.7 Å². The Morgan fingerprint density at radius 2 is 1.85 bits per heavy atom. The van der Waals surface area contributed by atoms with Gasteiger partial charge in [0.2, 0.25) is 0 Å². The zero-order chi connectivity index (χ0) is 19.2. The van der Waals surface area contributed by atoms with E-state index in [2.05, 4.69) is 5.32 Å². The third kappa shape index (κ3) is 5.23. The number of aryl methyl sites for hydroxylation is 1. The van der Waals surface area contributed by atoms with Crippen molar-refractivity contribution in [3.05, 3.63) is 59.7 Å². The van der Waals surface area contributed by atoms with Crippen LogP contribution in [-0.2, 0) is 4.79 Å². The van der Waals surface area contributed by atoms with Crippen molar-refractivity contribution in [1.29, 1.82) is 0 Å². The Kier molecular flexibility index (Phi) is 5.96. The van der Waals surface area contributed by atoms with Gasteiger partial charge in [0.25, 0.3) is 11.8 Å². The molecule has 2 amide bonds. The van der Waals surface area contributed by atoms with Gasteiger partial charge in [-0.2, -0.15) is 0 Å². The highest BCUT2D eigenvalue weighted by Gasteiger charge is 2.24. The van der Waals surface area contributed by atoms with Gasteiger partial charge < -0.3 is 20.1 Å². The lowest BCUT2D eigenvalue weighted by atomic mass is 10.0. The molecule has 0 radical (unpaired) electrons. The Balaban J connectivity index is 1.43. The molecule has 0 aliphatic carbocycles. The van der Waals surface area contributed by atoms with Crippen LogP contribution in [0.4, 0.5) is 0 Å². The minimum absolute atomic E-state index is 0.0157. The molecule has 1 fully saturated rings. The molecule has 2 N–H and O–H groups in total. The fourth-order valence-corrected chi connectivity index (χ4v) is 3.06. The van der Waals surface area contributed by atoms with E-state index in [1.54, 1.807) is 17.0 Å². The third-order valence-electron chi connectivity index (χ3n) is 4.67. The predicted molar refractivity (Wildman–Crippen MR) is 102 cm³/mol. The second-order valence-corrected chi connectivity index (χ2v) is 6.78. The molecule has 2 aromatic rings. The molecule has 6 nitrogen and oxygen atoms in total. The number of aromatic hydroxyl groups is 1. The Labute approximate surface area is 158 Å². The smallest absolute Gasteiger partial charge is 0.260 e. The van der Waals surface area contributed by atoms with Gasteiger partial charge in [-0.05, 0) is 50.1 Å². The van der Waals surface area contributed by atoms with Crippen molar-refractivity contribution in [2.75, 3.05) is 19.7 Å². The molecule has 6 heteroatoms. The van der Waals surface area contributed by atoms with Crippen LogP contribution < -0.4 is 10.1 Å². The van der Waals surface area contributed by atoms with Crippen molar-refractivity contribution in [3.63, 3.8) is 0 Å². The lowest BCUT2D eigenvalue weighted by Gasteiger charge is -2.32. The van der Waals surface area contributed by atoms with Gasteiger partial charge in [0.15, 0.2) is 6.61 Å². The number of phenolic OH excluding ortho intramolecular Hbond substituents is 1. The highest BCUT2D eigenvalue weighted by molar-refractivity contribution is 5.94. The quantitative estimate of drug-likeness (QED) is 0.850. The van der Waals surface area contributed by atoms with Gasteiger partial charge in [-0.15, -0.1) is 0 Å². The van der Waals surface area contributed by atoms with Crippen molar-refractivity contribution >= 4 is 11.8 Å². The average molecular weight is 368 g/mol. The van der Waals surface area contributed by atoms with Gasteiger partial charge in [0, 0.05) is 24.7 Å². The Bertz CT molecular complexity index is 796. The molecular weight excluding hydrogens is 344 g/mol. The van der Waals surface area contributed by atoms with Crippen LogP contribution in [0.25, 0.3) is 0 Å². The average Bonchev–Trinajstić information content (AvgIpc) is 2.68. The first-order valence-corrected chi connectivity index (χ1v) is 9.08. The summed E-state index contributed by atoms with van der Waals surface area (Å²) in [5.41, 5.74) is 1.57. The van der Waals surface area contributed by atoms with Gasteiger partial charge in [0.05, 0.1) is 0 Å². The Morgan fingerprint density at radius 3 is 2.52 bits per heavy atom. The van der Waals surface area contributed by atoms with Gasteiger partial charge in [-0.3, -0.25) is 9.59 Å². The zero-order valence-corrected chi connectivity index (χ0v) is 15.4. The number of likely N-dealkylation sites (tertiary alicyclic amines) is 1. The summed E-state index contributed by atoms with van der Waals surface area (Å²) in [7, 11) is 0. The molecule has 0 bridgehead atoms. The van der Waals surface area contributed by atoms with Crippen LogP contribution in [0.15, 0.2) is 48.5 Å². The predicted octanol–water partition coefficient (Wildman–Crippen LogP) is 2.50. The first-order valence-electron chi connectivity index (χ1n) is 9.08. The van der Waals surface area contributed by atoms with Crippen LogP contribution in [0, 0.1) is 6.92 Å². The number of ether oxygens (including phenoxy) is 1. The summed E-state index contributed by atoms with van der Waals surface area (Å²) < 4.78 is 5.55. The van der Waals surface area contributed by atoms with Gasteiger partial charge in [-0.25, -0.2) is 0 Å². The molecule has 0 spiro atoms. The van der Waals surface area contributed by atoms with Crippen LogP contribution in [0.1, 0.15) is 28.8 Å². The minimum Gasteiger partial charge on any atom is -0.508 e. The van der Waals surface area contributed by atoms with Gasteiger partial charge in [0.1, 0.15) is 11.5 Å². The number of hydrogen-bond donors (Lipinski definition) is 2. The number of carbonyl (C=O) groups is 2. The highest BCUT2D eigenvalue weighted by atomic mass is 16.5. The van der Waals surface area contributed by atoms with Crippen molar-refractivity contribution in [2.24, 2.45) is 0 Å². The van der Waals surface area contributed by atoms with Crippen LogP contribution >= 0.6 is 0 Å². The molecule has 0 saturated carbocycles. The Morgan fingerprint density at radius 1 is 1.15 bits per heavy atom. The minimum atomic E-state index is -0.210. The number of benzene rings is 2. The van der Waals surface area contributed by atoms with Crippen LogP contribution in [0.5, 0.6) is 11.5 Å². The fraction of sp³-hybridized carbons (Fsp3) is 0.333. The number of nitrogens with zero attached hydrogens (tertiary/aromatic N) is 1. The molecule has 1 aliphatic rings. The molecular formula is C21H24N2O4. The summed E-state index contributed by atoms with van der Waals surface area (Å²) in [6.07, 6.45) is 1.39. The number of carbonyl (C=O) groups excluding carboxylic acids is 2. The maximum absolute atomic E-state index is 12.3. The lowest BCUT2D eigenvalue weighted by molar-refractivity contribution is -0.134. The van der Waals surface area contributed by atoms with Gasteiger partial charge in [-0.1, -0.05) is 23.8 Å². The van der Waals surface area contributed by atoms with E-state index in [0.29, 0.717) is 37.2 Å². The normalized spacial score (nSPS) is 14.6. The molecule has 2 aromatic carbocycles. The molecule has 0 aromatic heterocycles. The molecule has 3 rings (SSSR count). The summed E-state index contributed by atoms with van der Waals surface area (Å²) in [5, 5.41) is 12.4. The van der Waals surface area contributed by atoms with Crippen LogP contribution in [0.2, 0.25) is 0 Å². The number of nitrogens with one attached hydrogen (secondary N) is 1. The van der Waals surface area contributed by atoms with Crippen LogP contribution in [-0.4, -0.2) is 47.6 Å². The third-order valence-corrected chi connectivity index (χ3v) is 4.67. The first-order chi connectivity index (χ1) is 13.0. The zero-order valence-electron chi connectivity index (χ0n) is 15.4. The number of rotatable bonds is 5. The van der Waals surface area contributed by atoms with E-state index in [4.69, 9.17) is 4.74 Å².